The zero-order valence-electron chi connectivity index (χ0n) is 12.1. The summed E-state index contributed by atoms with van der Waals surface area (Å²) in [6.45, 7) is 2.73. The fourth-order valence-electron chi connectivity index (χ4n) is 2.00. The summed E-state index contributed by atoms with van der Waals surface area (Å²) >= 11 is 0. The molecular weight excluding hydrogens is 238 g/mol. The first-order valence-electron chi connectivity index (χ1n) is 7.23. The Morgan fingerprint density at radius 1 is 1.11 bits per heavy atom. The molecule has 0 aliphatic carbocycles. The van der Waals surface area contributed by atoms with Crippen LogP contribution in [0.15, 0.2) is 24.3 Å². The first kappa shape index (κ1) is 15.5. The maximum Gasteiger partial charge on any atom is 0.340 e. The van der Waals surface area contributed by atoms with E-state index in [0.29, 0.717) is 12.2 Å². The molecule has 1 rings (SSSR count). The number of esters is 1. The lowest BCUT2D eigenvalue weighted by Gasteiger charge is -2.08. The summed E-state index contributed by atoms with van der Waals surface area (Å²) in [5, 5.41) is 3.00. The molecule has 1 N–H and O–H groups in total. The molecule has 0 heterocycles. The van der Waals surface area contributed by atoms with Crippen LogP contribution in [0.4, 0.5) is 5.69 Å². The van der Waals surface area contributed by atoms with Gasteiger partial charge >= 0.3 is 5.97 Å². The fraction of sp³-hybridized carbons (Fsp3) is 0.562. The lowest BCUT2D eigenvalue weighted by atomic mass is 10.1. The summed E-state index contributed by atoms with van der Waals surface area (Å²) in [7, 11) is 1.81. The minimum atomic E-state index is -0.237. The monoisotopic (exact) mass is 263 g/mol. The van der Waals surface area contributed by atoms with Crippen molar-refractivity contribution in [3.63, 3.8) is 0 Å². The lowest BCUT2D eigenvalue weighted by Crippen LogP contribution is -2.09. The Morgan fingerprint density at radius 2 is 1.79 bits per heavy atom. The fourth-order valence-corrected chi connectivity index (χ4v) is 2.00. The predicted octanol–water partition coefficient (Wildman–Crippen LogP) is 4.25. The minimum Gasteiger partial charge on any atom is -0.462 e. The topological polar surface area (TPSA) is 38.3 Å². The highest BCUT2D eigenvalue weighted by Crippen LogP contribution is 2.15. The van der Waals surface area contributed by atoms with Crippen molar-refractivity contribution in [1.29, 1.82) is 0 Å². The maximum absolute atomic E-state index is 11.9. The highest BCUT2D eigenvalue weighted by molar-refractivity contribution is 5.95. The van der Waals surface area contributed by atoms with Crippen molar-refractivity contribution in [2.45, 2.75) is 45.4 Å². The van der Waals surface area contributed by atoms with E-state index in [9.17, 15) is 4.79 Å². The van der Waals surface area contributed by atoms with Crippen molar-refractivity contribution in [1.82, 2.24) is 0 Å². The molecule has 3 heteroatoms. The molecule has 106 valence electrons. The quantitative estimate of drug-likeness (QED) is 0.535. The third-order valence-electron chi connectivity index (χ3n) is 3.15. The first-order valence-corrected chi connectivity index (χ1v) is 7.23. The molecule has 0 aromatic heterocycles. The summed E-state index contributed by atoms with van der Waals surface area (Å²) < 4.78 is 5.30. The van der Waals surface area contributed by atoms with E-state index < -0.39 is 0 Å². The Bertz CT molecular complexity index is 377. The average molecular weight is 263 g/mol. The van der Waals surface area contributed by atoms with E-state index in [2.05, 4.69) is 12.2 Å². The lowest BCUT2D eigenvalue weighted by molar-refractivity contribution is 0.0499. The largest absolute Gasteiger partial charge is 0.462 e. The van der Waals surface area contributed by atoms with Crippen LogP contribution in [0.2, 0.25) is 0 Å². The third kappa shape index (κ3) is 5.77. The van der Waals surface area contributed by atoms with Gasteiger partial charge in [-0.1, -0.05) is 51.2 Å². The normalized spacial score (nSPS) is 10.2. The van der Waals surface area contributed by atoms with Crippen molar-refractivity contribution in [2.75, 3.05) is 19.0 Å². The van der Waals surface area contributed by atoms with Crippen molar-refractivity contribution >= 4 is 11.7 Å². The molecule has 0 bridgehead atoms. The molecule has 0 fully saturated rings. The number of para-hydroxylation sites is 1. The van der Waals surface area contributed by atoms with Gasteiger partial charge in [0.1, 0.15) is 0 Å². The number of unbranched alkanes of at least 4 members (excludes halogenated alkanes) is 5. The Labute approximate surface area is 116 Å². The van der Waals surface area contributed by atoms with Crippen LogP contribution in [0, 0.1) is 0 Å². The minimum absolute atomic E-state index is 0.237. The van der Waals surface area contributed by atoms with Gasteiger partial charge in [-0.2, -0.15) is 0 Å². The van der Waals surface area contributed by atoms with Crippen molar-refractivity contribution < 1.29 is 9.53 Å². The molecule has 1 aromatic carbocycles. The summed E-state index contributed by atoms with van der Waals surface area (Å²) in [4.78, 5) is 11.9. The Hall–Kier alpha value is -1.51. The van der Waals surface area contributed by atoms with Crippen LogP contribution in [0.3, 0.4) is 0 Å². The van der Waals surface area contributed by atoms with Gasteiger partial charge in [-0.05, 0) is 18.6 Å². The molecule has 1 aromatic rings. The molecule has 0 saturated heterocycles. The Morgan fingerprint density at radius 3 is 2.53 bits per heavy atom. The van der Waals surface area contributed by atoms with E-state index in [-0.39, 0.29) is 5.97 Å². The summed E-state index contributed by atoms with van der Waals surface area (Å²) in [5.74, 6) is -0.237. The molecule has 0 saturated carbocycles. The SMILES string of the molecule is CCCCCCCCOC(=O)c1ccccc1NC. The molecule has 0 amide bonds. The zero-order valence-corrected chi connectivity index (χ0v) is 12.1. The maximum atomic E-state index is 11.9. The van der Waals surface area contributed by atoms with E-state index in [4.69, 9.17) is 4.74 Å². The van der Waals surface area contributed by atoms with Crippen LogP contribution in [-0.2, 0) is 4.74 Å². The number of hydrogen-bond acceptors (Lipinski definition) is 3. The van der Waals surface area contributed by atoms with E-state index in [1.165, 1.54) is 25.7 Å². The van der Waals surface area contributed by atoms with Crippen LogP contribution in [0.5, 0.6) is 0 Å². The molecule has 0 aliphatic heterocycles. The number of ether oxygens (including phenoxy) is 1. The van der Waals surface area contributed by atoms with Gasteiger partial charge in [-0.15, -0.1) is 0 Å². The highest BCUT2D eigenvalue weighted by Gasteiger charge is 2.10. The number of carbonyl (C=O) groups is 1. The van der Waals surface area contributed by atoms with Crippen LogP contribution in [0.25, 0.3) is 0 Å². The smallest absolute Gasteiger partial charge is 0.340 e. The van der Waals surface area contributed by atoms with Gasteiger partial charge in [0.25, 0.3) is 0 Å². The zero-order chi connectivity index (χ0) is 13.9. The molecule has 0 radical (unpaired) electrons. The van der Waals surface area contributed by atoms with Crippen LogP contribution < -0.4 is 5.32 Å². The third-order valence-corrected chi connectivity index (χ3v) is 3.15. The Balaban J connectivity index is 2.24. The molecule has 0 aliphatic rings. The van der Waals surface area contributed by atoms with E-state index in [0.717, 1.165) is 18.5 Å². The van der Waals surface area contributed by atoms with Gasteiger partial charge in [-0.25, -0.2) is 4.79 Å². The van der Waals surface area contributed by atoms with Crippen LogP contribution >= 0.6 is 0 Å². The molecule has 3 nitrogen and oxygen atoms in total. The molecule has 19 heavy (non-hydrogen) atoms. The second kappa shape index (κ2) is 9.42. The molecule has 0 atom stereocenters. The van der Waals surface area contributed by atoms with E-state index in [1.54, 1.807) is 13.1 Å². The molecule has 0 unspecified atom stereocenters. The van der Waals surface area contributed by atoms with E-state index in [1.807, 2.05) is 18.2 Å². The summed E-state index contributed by atoms with van der Waals surface area (Å²) in [6.07, 6.45) is 7.18. The first-order chi connectivity index (χ1) is 9.29. The van der Waals surface area contributed by atoms with Gasteiger partial charge < -0.3 is 10.1 Å². The molecular formula is C16H25NO2. The number of hydrogen-bond donors (Lipinski definition) is 1. The second-order valence-corrected chi connectivity index (χ2v) is 4.70. The Kier molecular flexibility index (Phi) is 7.71. The number of carbonyl (C=O) groups excluding carboxylic acids is 1. The summed E-state index contributed by atoms with van der Waals surface area (Å²) in [5.41, 5.74) is 1.42. The van der Waals surface area contributed by atoms with Gasteiger partial charge in [0.2, 0.25) is 0 Å². The van der Waals surface area contributed by atoms with Crippen LogP contribution in [0.1, 0.15) is 55.8 Å². The predicted molar refractivity (Wildman–Crippen MR) is 79.6 cm³/mol. The molecule has 0 spiro atoms. The van der Waals surface area contributed by atoms with Crippen LogP contribution in [-0.4, -0.2) is 19.6 Å². The van der Waals surface area contributed by atoms with Gasteiger partial charge in [0, 0.05) is 12.7 Å². The number of anilines is 1. The van der Waals surface area contributed by atoms with Crippen molar-refractivity contribution in [2.24, 2.45) is 0 Å². The number of nitrogens with one attached hydrogen (secondary N) is 1. The standard InChI is InChI=1S/C16H25NO2/c1-3-4-5-6-7-10-13-19-16(18)14-11-8-9-12-15(14)17-2/h8-9,11-12,17H,3-7,10,13H2,1-2H3. The highest BCUT2D eigenvalue weighted by atomic mass is 16.5. The van der Waals surface area contributed by atoms with Gasteiger partial charge in [0.15, 0.2) is 0 Å². The second-order valence-electron chi connectivity index (χ2n) is 4.70. The van der Waals surface area contributed by atoms with Crippen molar-refractivity contribution in [3.8, 4) is 0 Å². The van der Waals surface area contributed by atoms with Crippen molar-refractivity contribution in [3.05, 3.63) is 29.8 Å². The van der Waals surface area contributed by atoms with E-state index >= 15 is 0 Å². The van der Waals surface area contributed by atoms with Gasteiger partial charge in [0.05, 0.1) is 12.2 Å². The summed E-state index contributed by atoms with van der Waals surface area (Å²) in [6, 6.07) is 7.41. The average Bonchev–Trinajstić information content (AvgIpc) is 2.46. The number of rotatable bonds is 9. The van der Waals surface area contributed by atoms with Gasteiger partial charge in [-0.3, -0.25) is 0 Å². The number of benzene rings is 1.